The second-order valence-electron chi connectivity index (χ2n) is 12.4. The predicted molar refractivity (Wildman–Crippen MR) is 168 cm³/mol. The van der Waals surface area contributed by atoms with Crippen molar-refractivity contribution in [1.82, 2.24) is 15.6 Å². The van der Waals surface area contributed by atoms with Crippen LogP contribution < -0.4 is 10.6 Å². The molecular weight excluding hydrogens is 639 g/mol. The Morgan fingerprint density at radius 3 is 2.44 bits per heavy atom. The molecule has 0 spiro atoms. The number of aromatic nitrogens is 1. The average molecular weight is 680 g/mol. The molecule has 4 bridgehead atoms. The summed E-state index contributed by atoms with van der Waals surface area (Å²) < 4.78 is 10.8. The predicted octanol–water partition coefficient (Wildman–Crippen LogP) is 4.20. The standard InChI is InChI=1S/C28H40Cl2N4O7S2/c1-14(2)19-22-33-16(13-42-22)24(37)40-17(9-8-10-28(7,29)30)26(3,4)25(38)41-20(27(5,6)39)23-32-15(12-43-23)21(36)31-11-18(35)34-19/h13-15,17,19-20,39H,8-12H2,1-7H3,(H,31,36)(H,34,35)/t15-,17?,19+,20-/m1/s1. The summed E-state index contributed by atoms with van der Waals surface area (Å²) in [6.07, 6.45) is -1.15. The molecule has 1 aromatic rings. The molecule has 3 N–H and O–H groups in total. The van der Waals surface area contributed by atoms with Gasteiger partial charge in [0.25, 0.3) is 0 Å². The number of carbonyl (C=O) groups is 4. The van der Waals surface area contributed by atoms with E-state index in [0.29, 0.717) is 17.8 Å². The van der Waals surface area contributed by atoms with E-state index < -0.39 is 63.4 Å². The fourth-order valence-corrected chi connectivity index (χ4v) is 6.98. The molecule has 3 rings (SSSR count). The number of aliphatic imine (C=N–C) groups is 1. The highest BCUT2D eigenvalue weighted by molar-refractivity contribution is 8.14. The lowest BCUT2D eigenvalue weighted by atomic mass is 9.83. The van der Waals surface area contributed by atoms with Crippen molar-refractivity contribution in [3.63, 3.8) is 0 Å². The van der Waals surface area contributed by atoms with Crippen molar-refractivity contribution < 1.29 is 33.8 Å². The van der Waals surface area contributed by atoms with Gasteiger partial charge in [-0.25, -0.2) is 9.78 Å². The third-order valence-corrected chi connectivity index (χ3v) is 9.53. The van der Waals surface area contributed by atoms with Crippen LogP contribution in [0.25, 0.3) is 0 Å². The van der Waals surface area contributed by atoms with Crippen LogP contribution in [-0.2, 0) is 23.9 Å². The molecule has 4 atom stereocenters. The van der Waals surface area contributed by atoms with Gasteiger partial charge in [-0.1, -0.05) is 13.8 Å². The third kappa shape index (κ3) is 9.53. The van der Waals surface area contributed by atoms with Gasteiger partial charge in [-0.3, -0.25) is 19.4 Å². The van der Waals surface area contributed by atoms with Crippen LogP contribution in [0.5, 0.6) is 0 Å². The number of hydrogen-bond acceptors (Lipinski definition) is 11. The van der Waals surface area contributed by atoms with Crippen LogP contribution in [0.4, 0.5) is 0 Å². The van der Waals surface area contributed by atoms with E-state index in [0.717, 1.165) is 0 Å². The number of thiazole rings is 1. The van der Waals surface area contributed by atoms with Crippen LogP contribution in [0, 0.1) is 11.3 Å². The summed E-state index contributed by atoms with van der Waals surface area (Å²) in [7, 11) is 0. The third-order valence-electron chi connectivity index (χ3n) is 7.13. The molecule has 1 aromatic heterocycles. The van der Waals surface area contributed by atoms with E-state index >= 15 is 0 Å². The highest BCUT2D eigenvalue weighted by Crippen LogP contribution is 2.36. The molecule has 43 heavy (non-hydrogen) atoms. The number of nitrogens with zero attached hydrogens (tertiary/aromatic N) is 2. The first-order valence-corrected chi connectivity index (χ1v) is 16.7. The van der Waals surface area contributed by atoms with E-state index in [1.54, 1.807) is 20.8 Å². The minimum Gasteiger partial charge on any atom is -0.456 e. The summed E-state index contributed by atoms with van der Waals surface area (Å²) in [6, 6.07) is -1.37. The van der Waals surface area contributed by atoms with Gasteiger partial charge in [0.1, 0.15) is 32.1 Å². The van der Waals surface area contributed by atoms with Gasteiger partial charge in [0.15, 0.2) is 11.8 Å². The summed E-state index contributed by atoms with van der Waals surface area (Å²) in [4.78, 5) is 61.7. The van der Waals surface area contributed by atoms with Crippen LogP contribution in [0.15, 0.2) is 10.4 Å². The van der Waals surface area contributed by atoms with Gasteiger partial charge in [-0.15, -0.1) is 46.3 Å². The normalized spacial score (nSPS) is 26.0. The lowest BCUT2D eigenvalue weighted by Gasteiger charge is -2.36. The van der Waals surface area contributed by atoms with E-state index in [4.69, 9.17) is 32.7 Å². The maximum absolute atomic E-state index is 13.7. The Bertz CT molecular complexity index is 1240. The summed E-state index contributed by atoms with van der Waals surface area (Å²) >= 11 is 14.7. The molecule has 0 aromatic carbocycles. The summed E-state index contributed by atoms with van der Waals surface area (Å²) in [6.45, 7) is 11.3. The van der Waals surface area contributed by atoms with Crippen molar-refractivity contribution >= 4 is 75.1 Å². The maximum atomic E-state index is 13.7. The number of halogens is 2. The molecule has 11 nitrogen and oxygen atoms in total. The smallest absolute Gasteiger partial charge is 0.358 e. The van der Waals surface area contributed by atoms with Gasteiger partial charge in [0, 0.05) is 11.1 Å². The zero-order valence-corrected chi connectivity index (χ0v) is 28.5. The van der Waals surface area contributed by atoms with Crippen molar-refractivity contribution in [2.24, 2.45) is 16.3 Å². The Hall–Kier alpha value is -1.93. The number of cyclic esters (lactones) is 2. The lowest BCUT2D eigenvalue weighted by molar-refractivity contribution is -0.171. The van der Waals surface area contributed by atoms with Crippen molar-refractivity contribution in [2.45, 2.75) is 102 Å². The molecule has 1 unspecified atom stereocenters. The zero-order chi connectivity index (χ0) is 32.3. The van der Waals surface area contributed by atoms with Crippen LogP contribution >= 0.6 is 46.3 Å². The maximum Gasteiger partial charge on any atom is 0.358 e. The molecule has 2 aliphatic heterocycles. The fraction of sp³-hybridized carbons (Fsp3) is 0.714. The number of esters is 2. The lowest BCUT2D eigenvalue weighted by Crippen LogP contribution is -2.49. The molecule has 0 radical (unpaired) electrons. The molecule has 0 aliphatic carbocycles. The molecule has 15 heteroatoms. The van der Waals surface area contributed by atoms with E-state index in [2.05, 4.69) is 20.6 Å². The summed E-state index contributed by atoms with van der Waals surface area (Å²) in [5.41, 5.74) is -2.92. The van der Waals surface area contributed by atoms with Crippen molar-refractivity contribution in [2.75, 3.05) is 12.3 Å². The van der Waals surface area contributed by atoms with E-state index in [9.17, 15) is 24.3 Å². The fourth-order valence-electron chi connectivity index (χ4n) is 4.46. The van der Waals surface area contributed by atoms with Crippen LogP contribution in [-0.4, -0.2) is 79.4 Å². The molecule has 2 aliphatic rings. The van der Waals surface area contributed by atoms with Gasteiger partial charge >= 0.3 is 11.9 Å². The highest BCUT2D eigenvalue weighted by Gasteiger charge is 2.46. The van der Waals surface area contributed by atoms with Crippen LogP contribution in [0.2, 0.25) is 0 Å². The number of nitrogens with one attached hydrogen (secondary N) is 2. The minimum atomic E-state index is -1.56. The van der Waals surface area contributed by atoms with E-state index in [-0.39, 0.29) is 35.4 Å². The van der Waals surface area contributed by atoms with Crippen LogP contribution in [0.1, 0.15) is 89.3 Å². The topological polar surface area (TPSA) is 156 Å². The Morgan fingerprint density at radius 2 is 1.84 bits per heavy atom. The van der Waals surface area contributed by atoms with Crippen molar-refractivity contribution in [1.29, 1.82) is 0 Å². The zero-order valence-electron chi connectivity index (χ0n) is 25.4. The summed E-state index contributed by atoms with van der Waals surface area (Å²) in [5.74, 6) is -2.23. The van der Waals surface area contributed by atoms with Gasteiger partial charge in [-0.2, -0.15) is 0 Å². The van der Waals surface area contributed by atoms with E-state index in [1.807, 2.05) is 13.8 Å². The molecule has 2 amide bonds. The second kappa shape index (κ2) is 14.0. The quantitative estimate of drug-likeness (QED) is 0.296. The Morgan fingerprint density at radius 1 is 1.16 bits per heavy atom. The van der Waals surface area contributed by atoms with Gasteiger partial charge in [-0.05, 0) is 59.8 Å². The van der Waals surface area contributed by atoms with Crippen LogP contribution in [0.3, 0.4) is 0 Å². The Balaban J connectivity index is 2.03. The molecule has 3 heterocycles. The second-order valence-corrected chi connectivity index (χ2v) is 16.2. The highest BCUT2D eigenvalue weighted by atomic mass is 35.5. The van der Waals surface area contributed by atoms with Crippen molar-refractivity contribution in [3.8, 4) is 0 Å². The molecule has 0 fully saturated rings. The SMILES string of the molecule is CC(C)[C@@H]1NC(=O)CNC(=O)[C@H]2CSC(=N2)[C@H](C(C)(C)O)OC(=O)C(C)(C)C(CCCC(C)(Cl)Cl)OC(=O)c2csc1n2. The first kappa shape index (κ1) is 35.5. The largest absolute Gasteiger partial charge is 0.456 e. The van der Waals surface area contributed by atoms with Crippen molar-refractivity contribution in [3.05, 3.63) is 16.1 Å². The monoisotopic (exact) mass is 678 g/mol. The molecule has 240 valence electrons. The average Bonchev–Trinajstić information content (AvgIpc) is 3.56. The first-order valence-electron chi connectivity index (χ1n) is 14.0. The number of amides is 2. The van der Waals surface area contributed by atoms with Gasteiger partial charge in [0.2, 0.25) is 11.8 Å². The number of carbonyl (C=O) groups excluding carboxylic acids is 4. The number of ether oxygens (including phenoxy) is 2. The van der Waals surface area contributed by atoms with Gasteiger partial charge < -0.3 is 25.2 Å². The summed E-state index contributed by atoms with van der Waals surface area (Å²) in [5, 5.41) is 18.7. The number of hydrogen-bond donors (Lipinski definition) is 3. The number of aliphatic hydroxyl groups is 1. The number of rotatable bonds is 6. The number of alkyl halides is 2. The molecule has 0 saturated carbocycles. The Labute approximate surface area is 270 Å². The molecule has 0 saturated heterocycles. The minimum absolute atomic E-state index is 0.0252. The number of thioether (sulfide) groups is 1. The number of fused-ring (bicyclic) bond motifs is 3. The molecular formula is C28H40Cl2N4O7S2. The Kier molecular flexibility index (Phi) is 11.6. The van der Waals surface area contributed by atoms with Gasteiger partial charge in [0.05, 0.1) is 18.0 Å². The first-order chi connectivity index (χ1) is 19.8. The van der Waals surface area contributed by atoms with E-state index in [1.165, 1.54) is 42.3 Å².